The first-order chi connectivity index (χ1) is 11.5. The molecule has 6 nitrogen and oxygen atoms in total. The van der Waals surface area contributed by atoms with Crippen molar-refractivity contribution < 1.29 is 9.59 Å². The summed E-state index contributed by atoms with van der Waals surface area (Å²) in [6.45, 7) is 8.92. The van der Waals surface area contributed by atoms with Crippen LogP contribution in [-0.2, 0) is 11.3 Å². The summed E-state index contributed by atoms with van der Waals surface area (Å²) in [5.74, 6) is 0.230. The lowest BCUT2D eigenvalue weighted by Crippen LogP contribution is -2.40. The number of imide groups is 1. The Bertz CT molecular complexity index is 739. The van der Waals surface area contributed by atoms with Gasteiger partial charge in [-0.15, -0.1) is 6.58 Å². The lowest BCUT2D eigenvalue weighted by Gasteiger charge is -2.11. The van der Waals surface area contributed by atoms with Gasteiger partial charge in [0, 0.05) is 13.1 Å². The van der Waals surface area contributed by atoms with Gasteiger partial charge in [0.2, 0.25) is 5.91 Å². The van der Waals surface area contributed by atoms with E-state index in [0.717, 1.165) is 22.7 Å². The molecule has 0 aliphatic rings. The average molecular weight is 346 g/mol. The third-order valence-electron chi connectivity index (χ3n) is 3.16. The molecule has 1 heterocycles. The zero-order chi connectivity index (χ0) is 17.5. The molecule has 0 saturated carbocycles. The van der Waals surface area contributed by atoms with Crippen LogP contribution in [0.1, 0.15) is 13.8 Å². The van der Waals surface area contributed by atoms with Gasteiger partial charge in [0.15, 0.2) is 5.16 Å². The fraction of sp³-hybridized carbons (Fsp3) is 0.353. The molecular formula is C17H22N4O2S. The molecule has 0 aliphatic heterocycles. The van der Waals surface area contributed by atoms with E-state index >= 15 is 0 Å². The Labute approximate surface area is 145 Å². The van der Waals surface area contributed by atoms with Crippen molar-refractivity contribution in [2.24, 2.45) is 5.92 Å². The van der Waals surface area contributed by atoms with Crippen LogP contribution in [0.15, 0.2) is 42.1 Å². The Morgan fingerprint density at radius 3 is 2.83 bits per heavy atom. The van der Waals surface area contributed by atoms with E-state index in [1.165, 1.54) is 11.8 Å². The maximum atomic E-state index is 11.9. The second-order valence-electron chi connectivity index (χ2n) is 5.72. The largest absolute Gasteiger partial charge is 0.334 e. The highest BCUT2D eigenvalue weighted by Crippen LogP contribution is 2.25. The van der Waals surface area contributed by atoms with E-state index in [9.17, 15) is 9.59 Å². The molecule has 24 heavy (non-hydrogen) atoms. The normalized spacial score (nSPS) is 10.8. The predicted molar refractivity (Wildman–Crippen MR) is 97.0 cm³/mol. The number of carbonyl (C=O) groups excluding carboxylic acids is 2. The van der Waals surface area contributed by atoms with Crippen molar-refractivity contribution in [3.63, 3.8) is 0 Å². The van der Waals surface area contributed by atoms with E-state index in [-0.39, 0.29) is 11.7 Å². The highest BCUT2D eigenvalue weighted by molar-refractivity contribution is 7.99. The molecule has 2 N–H and O–H groups in total. The second kappa shape index (κ2) is 8.54. The summed E-state index contributed by atoms with van der Waals surface area (Å²) >= 11 is 1.33. The predicted octanol–water partition coefficient (Wildman–Crippen LogP) is 2.80. The van der Waals surface area contributed by atoms with E-state index in [1.54, 1.807) is 6.08 Å². The van der Waals surface area contributed by atoms with Gasteiger partial charge in [0.25, 0.3) is 0 Å². The van der Waals surface area contributed by atoms with Crippen LogP contribution < -0.4 is 10.6 Å². The zero-order valence-corrected chi connectivity index (χ0v) is 14.7. The number of carbonyl (C=O) groups is 2. The first-order valence-corrected chi connectivity index (χ1v) is 8.76. The van der Waals surface area contributed by atoms with Crippen molar-refractivity contribution >= 4 is 34.7 Å². The van der Waals surface area contributed by atoms with Gasteiger partial charge in [0.05, 0.1) is 16.8 Å². The quantitative estimate of drug-likeness (QED) is 0.597. The summed E-state index contributed by atoms with van der Waals surface area (Å²) in [7, 11) is 0. The minimum atomic E-state index is -0.517. The van der Waals surface area contributed by atoms with E-state index < -0.39 is 6.03 Å². The van der Waals surface area contributed by atoms with Crippen molar-refractivity contribution in [2.75, 3.05) is 12.3 Å². The van der Waals surface area contributed by atoms with Crippen LogP contribution in [0.3, 0.4) is 0 Å². The number of rotatable bonds is 7. The van der Waals surface area contributed by atoms with Gasteiger partial charge in [-0.3, -0.25) is 10.1 Å². The second-order valence-corrected chi connectivity index (χ2v) is 6.67. The van der Waals surface area contributed by atoms with Crippen LogP contribution in [0.5, 0.6) is 0 Å². The monoisotopic (exact) mass is 346 g/mol. The van der Waals surface area contributed by atoms with Gasteiger partial charge in [0.1, 0.15) is 0 Å². The van der Waals surface area contributed by atoms with Crippen LogP contribution in [-0.4, -0.2) is 33.8 Å². The molecule has 7 heteroatoms. The maximum absolute atomic E-state index is 11.9. The van der Waals surface area contributed by atoms with Crippen LogP contribution in [0.4, 0.5) is 4.79 Å². The van der Waals surface area contributed by atoms with Gasteiger partial charge in [-0.05, 0) is 18.1 Å². The number of benzene rings is 1. The Hall–Kier alpha value is -2.28. The van der Waals surface area contributed by atoms with Crippen molar-refractivity contribution in [1.29, 1.82) is 0 Å². The number of thioether (sulfide) groups is 1. The molecule has 0 saturated heterocycles. The topological polar surface area (TPSA) is 76.0 Å². The number of hydrogen-bond donors (Lipinski definition) is 2. The summed E-state index contributed by atoms with van der Waals surface area (Å²) in [6.07, 6.45) is 1.55. The van der Waals surface area contributed by atoms with Crippen LogP contribution in [0.2, 0.25) is 0 Å². The van der Waals surface area contributed by atoms with Gasteiger partial charge < -0.3 is 9.88 Å². The molecule has 0 fully saturated rings. The SMILES string of the molecule is C=CCNC(=O)NC(=O)CSc1nc2ccccc2n1CC(C)C. The number of para-hydroxylation sites is 2. The van der Waals surface area contributed by atoms with Gasteiger partial charge in [-0.1, -0.05) is 43.8 Å². The molecule has 0 spiro atoms. The summed E-state index contributed by atoms with van der Waals surface area (Å²) in [4.78, 5) is 27.9. The molecule has 1 aromatic carbocycles. The molecule has 0 bridgehead atoms. The van der Waals surface area contributed by atoms with E-state index in [1.807, 2.05) is 24.3 Å². The smallest absolute Gasteiger partial charge is 0.321 e. The van der Waals surface area contributed by atoms with Gasteiger partial charge in [-0.25, -0.2) is 9.78 Å². The molecule has 3 amide bonds. The number of nitrogens with one attached hydrogen (secondary N) is 2. The van der Waals surface area contributed by atoms with Crippen molar-refractivity contribution in [1.82, 2.24) is 20.2 Å². The highest BCUT2D eigenvalue weighted by atomic mass is 32.2. The number of imidazole rings is 1. The lowest BCUT2D eigenvalue weighted by molar-refractivity contribution is -0.117. The Kier molecular flexibility index (Phi) is 6.43. The number of fused-ring (bicyclic) bond motifs is 1. The van der Waals surface area contributed by atoms with E-state index in [0.29, 0.717) is 12.5 Å². The van der Waals surface area contributed by atoms with Crippen molar-refractivity contribution in [3.8, 4) is 0 Å². The summed E-state index contributed by atoms with van der Waals surface area (Å²) in [5.41, 5.74) is 1.96. The third kappa shape index (κ3) is 4.86. The summed E-state index contributed by atoms with van der Waals surface area (Å²) in [6, 6.07) is 7.39. The maximum Gasteiger partial charge on any atom is 0.321 e. The van der Waals surface area contributed by atoms with Crippen molar-refractivity contribution in [2.45, 2.75) is 25.5 Å². The number of urea groups is 1. The molecule has 2 aromatic rings. The van der Waals surface area contributed by atoms with E-state index in [2.05, 4.69) is 40.6 Å². The number of hydrogen-bond acceptors (Lipinski definition) is 4. The molecule has 128 valence electrons. The van der Waals surface area contributed by atoms with Crippen LogP contribution in [0, 0.1) is 5.92 Å². The fourth-order valence-electron chi connectivity index (χ4n) is 2.21. The summed E-state index contributed by atoms with van der Waals surface area (Å²) < 4.78 is 2.12. The van der Waals surface area contributed by atoms with Crippen molar-refractivity contribution in [3.05, 3.63) is 36.9 Å². The Morgan fingerprint density at radius 1 is 1.38 bits per heavy atom. The third-order valence-corrected chi connectivity index (χ3v) is 4.14. The Balaban J connectivity index is 2.05. The highest BCUT2D eigenvalue weighted by Gasteiger charge is 2.14. The summed E-state index contributed by atoms with van der Waals surface area (Å²) in [5, 5.41) is 5.57. The fourth-order valence-corrected chi connectivity index (χ4v) is 3.03. The molecule has 2 rings (SSSR count). The van der Waals surface area contributed by atoms with Crippen LogP contribution >= 0.6 is 11.8 Å². The Morgan fingerprint density at radius 2 is 2.12 bits per heavy atom. The number of nitrogens with zero attached hydrogens (tertiary/aromatic N) is 2. The molecule has 0 aliphatic carbocycles. The first kappa shape index (κ1) is 18.1. The van der Waals surface area contributed by atoms with E-state index in [4.69, 9.17) is 0 Å². The lowest BCUT2D eigenvalue weighted by atomic mass is 10.2. The van der Waals surface area contributed by atoms with Gasteiger partial charge in [-0.2, -0.15) is 0 Å². The molecule has 0 radical (unpaired) electrons. The molecule has 0 unspecified atom stereocenters. The minimum Gasteiger partial charge on any atom is -0.334 e. The first-order valence-electron chi connectivity index (χ1n) is 7.78. The number of amides is 3. The zero-order valence-electron chi connectivity index (χ0n) is 13.9. The average Bonchev–Trinajstić information content (AvgIpc) is 2.88. The van der Waals surface area contributed by atoms with Gasteiger partial charge >= 0.3 is 6.03 Å². The molecule has 0 atom stereocenters. The van der Waals surface area contributed by atoms with Crippen LogP contribution in [0.25, 0.3) is 11.0 Å². The standard InChI is InChI=1S/C17H22N4O2S/c1-4-9-18-16(23)20-15(22)11-24-17-19-13-7-5-6-8-14(13)21(17)10-12(2)3/h4-8,12H,1,9-11H2,2-3H3,(H2,18,20,22,23). The molecular weight excluding hydrogens is 324 g/mol. The number of aromatic nitrogens is 2. The minimum absolute atomic E-state index is 0.128. The molecule has 1 aromatic heterocycles.